The molecule has 2 aliphatic heterocycles. The smallest absolute Gasteiger partial charge is 0.163 e. The van der Waals surface area contributed by atoms with E-state index in [0.29, 0.717) is 31.0 Å². The Hall–Kier alpha value is -2.21. The Labute approximate surface area is 185 Å². The first-order valence-electron chi connectivity index (χ1n) is 11.6. The highest BCUT2D eigenvalue weighted by Crippen LogP contribution is 2.21. The van der Waals surface area contributed by atoms with Crippen molar-refractivity contribution < 1.29 is 14.6 Å². The molecule has 2 aliphatic rings. The molecular weight excluding hydrogens is 388 g/mol. The van der Waals surface area contributed by atoms with E-state index in [2.05, 4.69) is 41.4 Å². The van der Waals surface area contributed by atoms with Gasteiger partial charge in [-0.3, -0.25) is 9.69 Å². The number of Topliss-reactive ketones (excluding diaryl/α,β-unsaturated/α-hetero) is 1. The quantitative estimate of drug-likeness (QED) is 0.629. The van der Waals surface area contributed by atoms with Crippen molar-refractivity contribution in [2.24, 2.45) is 0 Å². The van der Waals surface area contributed by atoms with Crippen molar-refractivity contribution in [1.82, 2.24) is 4.90 Å². The summed E-state index contributed by atoms with van der Waals surface area (Å²) in [4.78, 5) is 15.0. The molecule has 2 aromatic carbocycles. The predicted molar refractivity (Wildman–Crippen MR) is 123 cm³/mol. The molecule has 5 heteroatoms. The number of hydrogen-bond acceptors (Lipinski definition) is 5. The highest BCUT2D eigenvalue weighted by Gasteiger charge is 2.21. The van der Waals surface area contributed by atoms with Gasteiger partial charge < -0.3 is 15.2 Å². The molecule has 0 amide bonds. The van der Waals surface area contributed by atoms with E-state index in [9.17, 15) is 9.90 Å². The fourth-order valence-corrected chi connectivity index (χ4v) is 4.69. The van der Waals surface area contributed by atoms with Gasteiger partial charge in [-0.25, -0.2) is 0 Å². The number of aliphatic hydroxyl groups excluding tert-OH is 1. The van der Waals surface area contributed by atoms with Crippen LogP contribution in [0.25, 0.3) is 0 Å². The Morgan fingerprint density at radius 3 is 2.90 bits per heavy atom. The molecule has 0 bridgehead atoms. The normalized spacial score (nSPS) is 22.5. The molecule has 2 heterocycles. The summed E-state index contributed by atoms with van der Waals surface area (Å²) in [5.41, 5.74) is 4.45. The van der Waals surface area contributed by atoms with Crippen LogP contribution < -0.4 is 5.32 Å². The Morgan fingerprint density at radius 2 is 2.06 bits per heavy atom. The van der Waals surface area contributed by atoms with Gasteiger partial charge >= 0.3 is 0 Å². The average Bonchev–Trinajstić information content (AvgIpc) is 2.77. The minimum atomic E-state index is -0.487. The minimum Gasteiger partial charge on any atom is -0.392 e. The summed E-state index contributed by atoms with van der Waals surface area (Å²) in [6.45, 7) is 5.32. The molecule has 2 aromatic rings. The summed E-state index contributed by atoms with van der Waals surface area (Å²) in [7, 11) is 0. The van der Waals surface area contributed by atoms with Crippen LogP contribution >= 0.6 is 0 Å². The second-order valence-corrected chi connectivity index (χ2v) is 9.00. The summed E-state index contributed by atoms with van der Waals surface area (Å²) in [6, 6.07) is 16.6. The zero-order valence-corrected chi connectivity index (χ0v) is 18.4. The van der Waals surface area contributed by atoms with Gasteiger partial charge in [-0.15, -0.1) is 0 Å². The number of β-amino-alcohol motifs (C(OH)–C–C–N with tert-alkyl or cyclic N) is 1. The van der Waals surface area contributed by atoms with Crippen LogP contribution in [-0.2, 0) is 17.7 Å². The van der Waals surface area contributed by atoms with Crippen molar-refractivity contribution >= 4 is 11.5 Å². The zero-order valence-electron chi connectivity index (χ0n) is 18.4. The first-order valence-corrected chi connectivity index (χ1v) is 11.6. The van der Waals surface area contributed by atoms with E-state index in [1.165, 1.54) is 11.1 Å². The van der Waals surface area contributed by atoms with Gasteiger partial charge in [-0.1, -0.05) is 36.4 Å². The molecule has 31 heavy (non-hydrogen) atoms. The third kappa shape index (κ3) is 6.16. The molecule has 0 aromatic heterocycles. The molecule has 0 aliphatic carbocycles. The maximum absolute atomic E-state index is 12.7. The number of ether oxygens (including phenoxy) is 1. The first-order chi connectivity index (χ1) is 15.1. The van der Waals surface area contributed by atoms with Gasteiger partial charge in [0.2, 0.25) is 0 Å². The van der Waals surface area contributed by atoms with Crippen molar-refractivity contribution in [2.45, 2.75) is 63.8 Å². The molecule has 1 saturated heterocycles. The van der Waals surface area contributed by atoms with E-state index >= 15 is 0 Å². The first kappa shape index (κ1) is 22.0. The Bertz CT molecular complexity index is 884. The maximum atomic E-state index is 12.7. The molecule has 5 nitrogen and oxygen atoms in total. The third-order valence-electron chi connectivity index (χ3n) is 6.42. The number of ketones is 1. The second kappa shape index (κ2) is 10.4. The van der Waals surface area contributed by atoms with Gasteiger partial charge in [0.15, 0.2) is 5.78 Å². The number of fused-ring (bicyclic) bond motifs is 1. The van der Waals surface area contributed by atoms with Gasteiger partial charge in [0.05, 0.1) is 12.2 Å². The summed E-state index contributed by atoms with van der Waals surface area (Å²) in [5.74, 6) is 0.0898. The van der Waals surface area contributed by atoms with Crippen LogP contribution in [0.3, 0.4) is 0 Å². The summed E-state index contributed by atoms with van der Waals surface area (Å²) in [6.07, 6.45) is 3.62. The van der Waals surface area contributed by atoms with E-state index < -0.39 is 6.10 Å². The number of carbonyl (C=O) groups is 1. The van der Waals surface area contributed by atoms with E-state index in [1.807, 2.05) is 24.3 Å². The Morgan fingerprint density at radius 1 is 1.23 bits per heavy atom. The number of nitrogens with one attached hydrogen (secondary N) is 1. The number of anilines is 1. The number of benzene rings is 2. The van der Waals surface area contributed by atoms with Gasteiger partial charge in [0, 0.05) is 50.0 Å². The van der Waals surface area contributed by atoms with Crippen LogP contribution in [0.2, 0.25) is 0 Å². The average molecular weight is 423 g/mol. The standard InChI is InChI=1S/C26H34N2O3/c1-19-15-24(12-14-31-19)27-23-8-4-7-21(16-23)26(30)10-9-25(29)18-28-13-11-20-5-2-3-6-22(20)17-28/h2-8,16,19,24-25,27,29H,9-15,17-18H2,1H3/t19-,24?,25-/m0/s1. The predicted octanol–water partition coefficient (Wildman–Crippen LogP) is 4.05. The van der Waals surface area contributed by atoms with E-state index in [0.717, 1.165) is 44.6 Å². The van der Waals surface area contributed by atoms with Gasteiger partial charge in [0.1, 0.15) is 0 Å². The van der Waals surface area contributed by atoms with Crippen molar-refractivity contribution in [1.29, 1.82) is 0 Å². The molecule has 0 saturated carbocycles. The zero-order chi connectivity index (χ0) is 21.6. The highest BCUT2D eigenvalue weighted by atomic mass is 16.5. The van der Waals surface area contributed by atoms with Crippen LogP contribution in [0.1, 0.15) is 54.1 Å². The SMILES string of the molecule is C[C@H]1CC(Nc2cccc(C(=O)CC[C@H](O)CN3CCc4ccccc4C3)c2)CCO1. The molecule has 0 radical (unpaired) electrons. The van der Waals surface area contributed by atoms with E-state index in [4.69, 9.17) is 4.74 Å². The van der Waals surface area contributed by atoms with Crippen LogP contribution in [0.5, 0.6) is 0 Å². The van der Waals surface area contributed by atoms with Crippen LogP contribution in [0, 0.1) is 0 Å². The summed E-state index contributed by atoms with van der Waals surface area (Å²) < 4.78 is 5.61. The number of nitrogens with zero attached hydrogens (tertiary/aromatic N) is 1. The highest BCUT2D eigenvalue weighted by molar-refractivity contribution is 5.96. The van der Waals surface area contributed by atoms with Crippen molar-refractivity contribution in [3.63, 3.8) is 0 Å². The van der Waals surface area contributed by atoms with Crippen LogP contribution in [-0.4, -0.2) is 53.7 Å². The number of aliphatic hydroxyl groups is 1. The molecular formula is C26H34N2O3. The Balaban J connectivity index is 1.25. The summed E-state index contributed by atoms with van der Waals surface area (Å²) in [5, 5.41) is 14.1. The third-order valence-corrected chi connectivity index (χ3v) is 6.42. The van der Waals surface area contributed by atoms with Crippen molar-refractivity contribution in [2.75, 3.05) is 25.0 Å². The van der Waals surface area contributed by atoms with Crippen LogP contribution in [0.4, 0.5) is 5.69 Å². The fourth-order valence-electron chi connectivity index (χ4n) is 4.69. The number of carbonyl (C=O) groups excluding carboxylic acids is 1. The van der Waals surface area contributed by atoms with Crippen molar-refractivity contribution in [3.8, 4) is 0 Å². The largest absolute Gasteiger partial charge is 0.392 e. The van der Waals surface area contributed by atoms with Crippen molar-refractivity contribution in [3.05, 3.63) is 65.2 Å². The van der Waals surface area contributed by atoms with E-state index in [-0.39, 0.29) is 11.9 Å². The maximum Gasteiger partial charge on any atom is 0.163 e. The minimum absolute atomic E-state index is 0.0898. The lowest BCUT2D eigenvalue weighted by Gasteiger charge is -2.30. The molecule has 1 fully saturated rings. The van der Waals surface area contributed by atoms with E-state index in [1.54, 1.807) is 0 Å². The van der Waals surface area contributed by atoms with Gasteiger partial charge in [0.25, 0.3) is 0 Å². The second-order valence-electron chi connectivity index (χ2n) is 9.00. The lowest BCUT2D eigenvalue weighted by Crippen LogP contribution is -2.36. The molecule has 0 spiro atoms. The lowest BCUT2D eigenvalue weighted by atomic mass is 9.99. The lowest BCUT2D eigenvalue weighted by molar-refractivity contribution is 0.0232. The molecule has 166 valence electrons. The van der Waals surface area contributed by atoms with Gasteiger partial charge in [-0.05, 0) is 55.9 Å². The Kier molecular flexibility index (Phi) is 7.38. The molecule has 2 N–H and O–H groups in total. The fraction of sp³-hybridized carbons (Fsp3) is 0.500. The number of rotatable bonds is 8. The molecule has 1 unspecified atom stereocenters. The monoisotopic (exact) mass is 422 g/mol. The molecule has 3 atom stereocenters. The summed E-state index contributed by atoms with van der Waals surface area (Å²) >= 11 is 0. The number of hydrogen-bond donors (Lipinski definition) is 2. The van der Waals surface area contributed by atoms with Gasteiger partial charge in [-0.2, -0.15) is 0 Å². The topological polar surface area (TPSA) is 61.8 Å². The molecule has 4 rings (SSSR count). The van der Waals surface area contributed by atoms with Crippen LogP contribution in [0.15, 0.2) is 48.5 Å².